The third kappa shape index (κ3) is 9.44. The number of carbonyl (C=O) groups is 5. The third-order valence-corrected chi connectivity index (χ3v) is 6.60. The number of rotatable bonds is 13. The van der Waals surface area contributed by atoms with Gasteiger partial charge in [-0.05, 0) is 23.8 Å². The summed E-state index contributed by atoms with van der Waals surface area (Å²) in [4.78, 5) is 62.0. The summed E-state index contributed by atoms with van der Waals surface area (Å²) < 4.78 is 44.5. The summed E-state index contributed by atoms with van der Waals surface area (Å²) in [5.41, 5.74) is 0.681. The Balaban J connectivity index is 2.12. The summed E-state index contributed by atoms with van der Waals surface area (Å²) in [7, 11) is 4.30. The van der Waals surface area contributed by atoms with E-state index in [-0.39, 0.29) is 22.8 Å². The first-order chi connectivity index (χ1) is 21.9. The van der Waals surface area contributed by atoms with Crippen molar-refractivity contribution in [1.29, 1.82) is 0 Å². The molecule has 1 saturated heterocycles. The molecule has 5 atom stereocenters. The van der Waals surface area contributed by atoms with Crippen LogP contribution in [0.5, 0.6) is 23.0 Å². The number of allylic oxidation sites excluding steroid dienone is 1. The molecule has 0 saturated carbocycles. The van der Waals surface area contributed by atoms with Gasteiger partial charge in [0.25, 0.3) is 0 Å². The summed E-state index contributed by atoms with van der Waals surface area (Å²) in [6.45, 7) is 4.20. The van der Waals surface area contributed by atoms with Crippen LogP contribution in [-0.2, 0) is 38.1 Å². The summed E-state index contributed by atoms with van der Waals surface area (Å²) in [5.74, 6) is -2.38. The van der Waals surface area contributed by atoms with Gasteiger partial charge in [0.1, 0.15) is 47.3 Å². The minimum absolute atomic E-state index is 0.0269. The molecule has 0 unspecified atom stereocenters. The van der Waals surface area contributed by atoms with Crippen LogP contribution in [0.4, 0.5) is 0 Å². The highest BCUT2D eigenvalue weighted by Crippen LogP contribution is 2.37. The Morgan fingerprint density at radius 3 is 1.93 bits per heavy atom. The van der Waals surface area contributed by atoms with Gasteiger partial charge in [0.15, 0.2) is 18.0 Å². The Morgan fingerprint density at radius 1 is 0.783 bits per heavy atom. The molecule has 0 bridgehead atoms. The summed E-state index contributed by atoms with van der Waals surface area (Å²) >= 11 is 0. The maximum absolute atomic E-state index is 13.7. The highest BCUT2D eigenvalue weighted by Gasteiger charge is 2.52. The summed E-state index contributed by atoms with van der Waals surface area (Å²) in [6.07, 6.45) is -2.52. The molecule has 2 aromatic rings. The van der Waals surface area contributed by atoms with Gasteiger partial charge in [-0.15, -0.1) is 0 Å². The lowest BCUT2D eigenvalue weighted by Gasteiger charge is -2.44. The van der Waals surface area contributed by atoms with Crippen molar-refractivity contribution in [2.24, 2.45) is 0 Å². The fourth-order valence-electron chi connectivity index (χ4n) is 4.67. The molecule has 14 heteroatoms. The molecule has 3 rings (SSSR count). The first-order valence-corrected chi connectivity index (χ1v) is 14.1. The maximum atomic E-state index is 13.7. The smallest absolute Gasteiger partial charge is 0.303 e. The largest absolute Gasteiger partial charge is 0.497 e. The molecule has 1 amide bonds. The predicted octanol–water partition coefficient (Wildman–Crippen LogP) is 2.64. The van der Waals surface area contributed by atoms with Crippen molar-refractivity contribution in [3.05, 3.63) is 53.6 Å². The highest BCUT2D eigenvalue weighted by atomic mass is 16.7. The van der Waals surface area contributed by atoms with Gasteiger partial charge in [0.2, 0.25) is 12.2 Å². The van der Waals surface area contributed by atoms with Crippen LogP contribution < -0.4 is 24.3 Å². The van der Waals surface area contributed by atoms with E-state index in [1.54, 1.807) is 37.5 Å². The zero-order chi connectivity index (χ0) is 34.0. The van der Waals surface area contributed by atoms with Crippen LogP contribution in [0.1, 0.15) is 43.6 Å². The van der Waals surface area contributed by atoms with Crippen LogP contribution in [0.25, 0.3) is 6.08 Å². The average molecular weight is 644 g/mol. The van der Waals surface area contributed by atoms with Crippen LogP contribution in [0, 0.1) is 0 Å². The van der Waals surface area contributed by atoms with E-state index in [1.807, 2.05) is 0 Å². The van der Waals surface area contributed by atoms with Crippen molar-refractivity contribution < 1.29 is 61.9 Å². The molecule has 1 heterocycles. The van der Waals surface area contributed by atoms with Crippen molar-refractivity contribution in [2.75, 3.05) is 27.9 Å². The Kier molecular flexibility index (Phi) is 12.5. The molecular formula is C32H37NO13. The molecule has 0 aliphatic carbocycles. The zero-order valence-corrected chi connectivity index (χ0v) is 26.5. The van der Waals surface area contributed by atoms with E-state index < -0.39 is 66.8 Å². The van der Waals surface area contributed by atoms with E-state index in [4.69, 9.17) is 37.9 Å². The minimum Gasteiger partial charge on any atom is -0.497 e. The number of benzene rings is 2. The van der Waals surface area contributed by atoms with E-state index in [0.29, 0.717) is 11.3 Å². The molecule has 46 heavy (non-hydrogen) atoms. The van der Waals surface area contributed by atoms with E-state index in [0.717, 1.165) is 13.8 Å². The SMILES string of the molecule is COc1ccc(/C=C/C(=O)c2c(OC)cc(OC)cc2O[C@@H]2O[C@H](COC(C)=O)[C@@H](OC(C)=O)[C@H](OC(C)=O)[C@@H]2NC(C)=O)cc1. The first-order valence-electron chi connectivity index (χ1n) is 14.1. The van der Waals surface area contributed by atoms with Crippen molar-refractivity contribution in [1.82, 2.24) is 5.32 Å². The fraction of sp³-hybridized carbons (Fsp3) is 0.406. The Morgan fingerprint density at radius 2 is 1.39 bits per heavy atom. The first kappa shape index (κ1) is 35.4. The lowest BCUT2D eigenvalue weighted by Crippen LogP contribution is -2.67. The number of methoxy groups -OCH3 is 3. The monoisotopic (exact) mass is 643 g/mol. The average Bonchev–Trinajstić information content (AvgIpc) is 3.00. The van der Waals surface area contributed by atoms with Gasteiger partial charge in [0.05, 0.1) is 21.3 Å². The fourth-order valence-corrected chi connectivity index (χ4v) is 4.67. The maximum Gasteiger partial charge on any atom is 0.303 e. The quantitative estimate of drug-likeness (QED) is 0.146. The van der Waals surface area contributed by atoms with Gasteiger partial charge in [-0.1, -0.05) is 18.2 Å². The number of hydrogen-bond acceptors (Lipinski definition) is 13. The second kappa shape index (κ2) is 16.3. The normalized spacial score (nSPS) is 20.6. The highest BCUT2D eigenvalue weighted by molar-refractivity contribution is 6.10. The van der Waals surface area contributed by atoms with Gasteiger partial charge >= 0.3 is 17.9 Å². The van der Waals surface area contributed by atoms with Crippen LogP contribution in [0.15, 0.2) is 42.5 Å². The molecule has 1 fully saturated rings. The number of nitrogens with one attached hydrogen (secondary N) is 1. The molecule has 1 aliphatic rings. The van der Waals surface area contributed by atoms with Crippen LogP contribution >= 0.6 is 0 Å². The second-order valence-electron chi connectivity index (χ2n) is 10.0. The van der Waals surface area contributed by atoms with E-state index in [1.165, 1.54) is 46.3 Å². The van der Waals surface area contributed by atoms with Crippen molar-refractivity contribution >= 4 is 35.7 Å². The molecule has 0 aromatic heterocycles. The van der Waals surface area contributed by atoms with Crippen LogP contribution in [0.3, 0.4) is 0 Å². The number of carbonyl (C=O) groups excluding carboxylic acids is 5. The van der Waals surface area contributed by atoms with Crippen molar-refractivity contribution in [3.8, 4) is 23.0 Å². The van der Waals surface area contributed by atoms with Gasteiger partial charge in [-0.2, -0.15) is 0 Å². The molecular weight excluding hydrogens is 606 g/mol. The molecule has 1 aliphatic heterocycles. The van der Waals surface area contributed by atoms with Crippen molar-refractivity contribution in [3.63, 3.8) is 0 Å². The number of ketones is 1. The van der Waals surface area contributed by atoms with E-state index in [9.17, 15) is 24.0 Å². The van der Waals surface area contributed by atoms with E-state index in [2.05, 4.69) is 5.32 Å². The molecule has 2 aromatic carbocycles. The molecule has 0 spiro atoms. The van der Waals surface area contributed by atoms with Crippen LogP contribution in [-0.4, -0.2) is 88.2 Å². The zero-order valence-electron chi connectivity index (χ0n) is 26.5. The molecule has 0 radical (unpaired) electrons. The molecule has 14 nitrogen and oxygen atoms in total. The van der Waals surface area contributed by atoms with Crippen LogP contribution in [0.2, 0.25) is 0 Å². The van der Waals surface area contributed by atoms with Gasteiger partial charge < -0.3 is 43.2 Å². The Labute approximate surface area is 265 Å². The predicted molar refractivity (Wildman–Crippen MR) is 161 cm³/mol. The van der Waals surface area contributed by atoms with E-state index >= 15 is 0 Å². The minimum atomic E-state index is -1.49. The number of ether oxygens (including phenoxy) is 8. The molecule has 248 valence electrons. The Bertz CT molecular complexity index is 1450. The lowest BCUT2D eigenvalue weighted by molar-refractivity contribution is -0.257. The second-order valence-corrected chi connectivity index (χ2v) is 10.0. The standard InChI is InChI=1S/C32H37NO13/c1-17(34)33-29-31(44-20(4)37)30(43-19(3)36)27(16-42-18(2)35)46-32(29)45-26-15-23(40-6)14-25(41-7)28(26)24(38)13-10-21-8-11-22(39-5)12-9-21/h8-15,27,29-32H,16H2,1-7H3,(H,33,34)/b13-10+/t27-,29+,30-,31-,32-/m1/s1. The van der Waals surface area contributed by atoms with Gasteiger partial charge in [-0.25, -0.2) is 0 Å². The lowest BCUT2D eigenvalue weighted by atomic mass is 9.96. The van der Waals surface area contributed by atoms with Crippen molar-refractivity contribution in [2.45, 2.75) is 58.3 Å². The van der Waals surface area contributed by atoms with Gasteiger partial charge in [-0.3, -0.25) is 24.0 Å². The Hall–Kier alpha value is -5.11. The number of esters is 3. The topological polar surface area (TPSA) is 171 Å². The third-order valence-electron chi connectivity index (χ3n) is 6.60. The number of amides is 1. The summed E-state index contributed by atoms with van der Waals surface area (Å²) in [5, 5.41) is 2.62. The summed E-state index contributed by atoms with van der Waals surface area (Å²) in [6, 6.07) is 8.61. The number of hydrogen-bond donors (Lipinski definition) is 1. The molecule has 1 N–H and O–H groups in total. The van der Waals surface area contributed by atoms with Gasteiger partial charge in [0, 0.05) is 39.8 Å².